The summed E-state index contributed by atoms with van der Waals surface area (Å²) in [7, 11) is -3.62. The van der Waals surface area contributed by atoms with Crippen LogP contribution in [-0.4, -0.2) is 55.4 Å². The van der Waals surface area contributed by atoms with E-state index < -0.39 is 10.0 Å². The molecule has 0 bridgehead atoms. The Labute approximate surface area is 173 Å². The lowest BCUT2D eigenvalue weighted by Gasteiger charge is -2.34. The zero-order valence-electron chi connectivity index (χ0n) is 17.1. The summed E-state index contributed by atoms with van der Waals surface area (Å²) in [5.41, 5.74) is 1.53. The molecule has 0 saturated carbocycles. The van der Waals surface area contributed by atoms with Gasteiger partial charge in [-0.2, -0.15) is 4.31 Å². The molecule has 0 spiro atoms. The molecule has 156 valence electrons. The fourth-order valence-electron chi connectivity index (χ4n) is 3.56. The topological polar surface area (TPSA) is 66.9 Å². The first-order valence-electron chi connectivity index (χ1n) is 9.90. The number of carbonyl (C=O) groups is 1. The Morgan fingerprint density at radius 3 is 2.17 bits per heavy atom. The second-order valence-electron chi connectivity index (χ2n) is 7.41. The van der Waals surface area contributed by atoms with Crippen molar-refractivity contribution in [3.8, 4) is 0 Å². The van der Waals surface area contributed by atoms with Gasteiger partial charge in [-0.15, -0.1) is 0 Å². The predicted molar refractivity (Wildman–Crippen MR) is 112 cm³/mol. The largest absolute Gasteiger partial charge is 0.373 e. The van der Waals surface area contributed by atoms with Crippen LogP contribution < -0.4 is 0 Å². The van der Waals surface area contributed by atoms with Gasteiger partial charge in [0.15, 0.2) is 0 Å². The first-order valence-corrected chi connectivity index (χ1v) is 11.3. The number of amides is 1. The highest BCUT2D eigenvalue weighted by Gasteiger charge is 2.32. The van der Waals surface area contributed by atoms with Crippen LogP contribution in [0.2, 0.25) is 0 Å². The molecule has 6 nitrogen and oxygen atoms in total. The number of hydrogen-bond acceptors (Lipinski definition) is 4. The molecule has 1 amide bonds. The Morgan fingerprint density at radius 2 is 1.62 bits per heavy atom. The summed E-state index contributed by atoms with van der Waals surface area (Å²) in [6.45, 7) is 7.40. The molecule has 2 atom stereocenters. The number of morpholine rings is 1. The van der Waals surface area contributed by atoms with Gasteiger partial charge in [0.05, 0.1) is 17.1 Å². The molecule has 0 aromatic heterocycles. The number of hydrogen-bond donors (Lipinski definition) is 0. The monoisotopic (exact) mass is 416 g/mol. The van der Waals surface area contributed by atoms with Gasteiger partial charge >= 0.3 is 0 Å². The Bertz CT molecular complexity index is 919. The fourth-order valence-corrected chi connectivity index (χ4v) is 5.15. The van der Waals surface area contributed by atoms with Crippen molar-refractivity contribution in [3.05, 3.63) is 65.7 Å². The third kappa shape index (κ3) is 5.04. The third-order valence-corrected chi connectivity index (χ3v) is 6.86. The van der Waals surface area contributed by atoms with Crippen molar-refractivity contribution >= 4 is 15.9 Å². The maximum absolute atomic E-state index is 13.0. The molecule has 1 saturated heterocycles. The van der Waals surface area contributed by atoms with Crippen molar-refractivity contribution in [2.75, 3.05) is 19.6 Å². The van der Waals surface area contributed by atoms with Gasteiger partial charge in [0.2, 0.25) is 10.0 Å². The van der Waals surface area contributed by atoms with E-state index in [4.69, 9.17) is 4.74 Å². The van der Waals surface area contributed by atoms with Gasteiger partial charge in [-0.25, -0.2) is 8.42 Å². The zero-order chi connectivity index (χ0) is 21.0. The molecule has 1 heterocycles. The van der Waals surface area contributed by atoms with Gasteiger partial charge in [-0.05, 0) is 50.6 Å². The maximum atomic E-state index is 13.0. The summed E-state index contributed by atoms with van der Waals surface area (Å²) >= 11 is 0. The summed E-state index contributed by atoms with van der Waals surface area (Å²) in [5, 5.41) is 0. The maximum Gasteiger partial charge on any atom is 0.254 e. The van der Waals surface area contributed by atoms with Crippen LogP contribution in [0.25, 0.3) is 0 Å². The molecule has 1 fully saturated rings. The Hall–Kier alpha value is -2.22. The minimum atomic E-state index is -3.62. The summed E-state index contributed by atoms with van der Waals surface area (Å²) in [6, 6.07) is 16.0. The molecule has 7 heteroatoms. The van der Waals surface area contributed by atoms with Crippen LogP contribution in [0.5, 0.6) is 0 Å². The lowest BCUT2D eigenvalue weighted by molar-refractivity contribution is -0.0440. The van der Waals surface area contributed by atoms with Crippen LogP contribution in [0.1, 0.15) is 36.7 Å². The normalized spacial score (nSPS) is 20.4. The van der Waals surface area contributed by atoms with Gasteiger partial charge in [-0.3, -0.25) is 4.79 Å². The molecule has 1 aliphatic heterocycles. The van der Waals surface area contributed by atoms with Crippen molar-refractivity contribution in [2.24, 2.45) is 0 Å². The van der Waals surface area contributed by atoms with Gasteiger partial charge in [0, 0.05) is 31.7 Å². The fraction of sp³-hybridized carbons (Fsp3) is 0.409. The zero-order valence-corrected chi connectivity index (χ0v) is 17.9. The van der Waals surface area contributed by atoms with Gasteiger partial charge in [0.25, 0.3) is 5.91 Å². The van der Waals surface area contributed by atoms with Crippen molar-refractivity contribution < 1.29 is 17.9 Å². The van der Waals surface area contributed by atoms with Crippen LogP contribution in [0, 0.1) is 0 Å². The molecule has 3 rings (SSSR count). The van der Waals surface area contributed by atoms with Crippen LogP contribution in [-0.2, 0) is 21.3 Å². The molecule has 2 aromatic carbocycles. The van der Waals surface area contributed by atoms with Crippen molar-refractivity contribution in [1.82, 2.24) is 9.21 Å². The number of nitrogens with zero attached hydrogens (tertiary/aromatic N) is 2. The lowest BCUT2D eigenvalue weighted by atomic mass is 10.1. The van der Waals surface area contributed by atoms with Crippen LogP contribution in [0.4, 0.5) is 0 Å². The first kappa shape index (κ1) is 21.5. The van der Waals surface area contributed by atoms with E-state index in [1.165, 1.54) is 16.4 Å². The second kappa shape index (κ2) is 9.07. The van der Waals surface area contributed by atoms with Crippen molar-refractivity contribution in [1.29, 1.82) is 0 Å². The Kier molecular flexibility index (Phi) is 6.72. The van der Waals surface area contributed by atoms with Crippen LogP contribution in [0.15, 0.2) is 59.5 Å². The van der Waals surface area contributed by atoms with E-state index in [1.807, 2.05) is 51.1 Å². The van der Waals surface area contributed by atoms with Gasteiger partial charge < -0.3 is 9.64 Å². The quantitative estimate of drug-likeness (QED) is 0.726. The van der Waals surface area contributed by atoms with Crippen molar-refractivity contribution in [2.45, 2.75) is 44.4 Å². The average molecular weight is 417 g/mol. The highest BCUT2D eigenvalue weighted by atomic mass is 32.2. The number of ether oxygens (including phenoxy) is 1. The lowest BCUT2D eigenvalue weighted by Crippen LogP contribution is -2.48. The van der Waals surface area contributed by atoms with Crippen LogP contribution >= 0.6 is 0 Å². The van der Waals surface area contributed by atoms with E-state index in [1.54, 1.807) is 17.0 Å². The smallest absolute Gasteiger partial charge is 0.254 e. The molecule has 2 unspecified atom stereocenters. The number of carbonyl (C=O) groups excluding carboxylic acids is 1. The van der Waals surface area contributed by atoms with E-state index in [0.29, 0.717) is 31.7 Å². The summed E-state index contributed by atoms with van der Waals surface area (Å²) in [4.78, 5) is 14.8. The summed E-state index contributed by atoms with van der Waals surface area (Å²) in [6.07, 6.45) is -0.295. The molecular weight excluding hydrogens is 388 g/mol. The van der Waals surface area contributed by atoms with E-state index >= 15 is 0 Å². The number of benzene rings is 2. The van der Waals surface area contributed by atoms with E-state index in [2.05, 4.69) is 0 Å². The number of rotatable bonds is 6. The number of sulfonamides is 1. The minimum absolute atomic E-state index is 0.117. The highest BCUT2D eigenvalue weighted by molar-refractivity contribution is 7.89. The standard InChI is InChI=1S/C22H28N2O4S/c1-4-23(16-19-8-6-5-7-9-19)22(25)20-10-12-21(13-11-20)29(26,27)24-14-17(2)28-18(3)15-24/h5-13,17-18H,4,14-16H2,1-3H3. The first-order chi connectivity index (χ1) is 13.8. The Balaban J connectivity index is 1.75. The molecular formula is C22H28N2O4S. The van der Waals surface area contributed by atoms with Gasteiger partial charge in [-0.1, -0.05) is 30.3 Å². The molecule has 29 heavy (non-hydrogen) atoms. The molecule has 0 aliphatic carbocycles. The SMILES string of the molecule is CCN(Cc1ccccc1)C(=O)c1ccc(S(=O)(=O)N2CC(C)OC(C)C2)cc1. The molecule has 0 radical (unpaired) electrons. The molecule has 0 N–H and O–H groups in total. The van der Waals surface area contributed by atoms with E-state index in [9.17, 15) is 13.2 Å². The second-order valence-corrected chi connectivity index (χ2v) is 9.35. The minimum Gasteiger partial charge on any atom is -0.373 e. The predicted octanol–water partition coefficient (Wildman–Crippen LogP) is 3.15. The van der Waals surface area contributed by atoms with E-state index in [-0.39, 0.29) is 23.0 Å². The molecule has 1 aliphatic rings. The third-order valence-electron chi connectivity index (χ3n) is 5.01. The summed E-state index contributed by atoms with van der Waals surface area (Å²) in [5.74, 6) is -0.117. The molecule has 2 aromatic rings. The highest BCUT2D eigenvalue weighted by Crippen LogP contribution is 2.22. The Morgan fingerprint density at radius 1 is 1.03 bits per heavy atom. The van der Waals surface area contributed by atoms with Crippen molar-refractivity contribution in [3.63, 3.8) is 0 Å². The van der Waals surface area contributed by atoms with Gasteiger partial charge in [0.1, 0.15) is 0 Å². The average Bonchev–Trinajstić information content (AvgIpc) is 2.71. The van der Waals surface area contributed by atoms with Crippen LogP contribution in [0.3, 0.4) is 0 Å². The summed E-state index contributed by atoms with van der Waals surface area (Å²) < 4.78 is 33.0. The van der Waals surface area contributed by atoms with E-state index in [0.717, 1.165) is 5.56 Å².